The van der Waals surface area contributed by atoms with E-state index in [9.17, 15) is 4.79 Å². The molecule has 1 aromatic carbocycles. The van der Waals surface area contributed by atoms with Crippen molar-refractivity contribution in [3.63, 3.8) is 0 Å². The molecule has 0 aliphatic carbocycles. The number of anilines is 3. The van der Waals surface area contributed by atoms with E-state index in [2.05, 4.69) is 43.0 Å². The van der Waals surface area contributed by atoms with Crippen molar-refractivity contribution in [1.29, 1.82) is 0 Å². The molecule has 2 heterocycles. The normalized spacial score (nSPS) is 10.4. The predicted molar refractivity (Wildman–Crippen MR) is 115 cm³/mol. The van der Waals surface area contributed by atoms with E-state index in [1.165, 1.54) is 11.9 Å². The summed E-state index contributed by atoms with van der Waals surface area (Å²) in [7, 11) is 0. The minimum Gasteiger partial charge on any atom is -0.368 e. The van der Waals surface area contributed by atoms with Crippen LogP contribution in [0, 0.1) is 6.92 Å². The third-order valence-corrected chi connectivity index (χ3v) is 4.30. The molecular formula is C22H26N6O. The molecule has 0 bridgehead atoms. The highest BCUT2D eigenvalue weighted by Gasteiger charge is 2.03. The summed E-state index contributed by atoms with van der Waals surface area (Å²) in [5.41, 5.74) is 2.38. The Kier molecular flexibility index (Phi) is 7.51. The van der Waals surface area contributed by atoms with E-state index in [0.717, 1.165) is 24.2 Å². The Morgan fingerprint density at radius 2 is 1.72 bits per heavy atom. The van der Waals surface area contributed by atoms with E-state index in [1.54, 1.807) is 6.20 Å². The van der Waals surface area contributed by atoms with Crippen molar-refractivity contribution in [1.82, 2.24) is 20.3 Å². The van der Waals surface area contributed by atoms with Gasteiger partial charge in [0.05, 0.1) is 0 Å². The van der Waals surface area contributed by atoms with Gasteiger partial charge in [-0.15, -0.1) is 0 Å². The standard InChI is InChI=1S/C22H26N6O/c1-17-10-11-23-20(14-17)28-21-15-19(26-16-27-21)24-12-13-25-22(29)9-5-8-18-6-3-2-4-7-18/h2-4,6-7,10-11,14-16H,5,8-9,12-13H2,1H3,(H,25,29)(H2,23,24,26,27,28). The second kappa shape index (κ2) is 10.8. The molecule has 0 radical (unpaired) electrons. The molecule has 0 atom stereocenters. The van der Waals surface area contributed by atoms with Crippen molar-refractivity contribution in [2.75, 3.05) is 23.7 Å². The molecule has 0 unspecified atom stereocenters. The van der Waals surface area contributed by atoms with E-state index in [1.807, 2.05) is 43.3 Å². The zero-order chi connectivity index (χ0) is 20.3. The Hall–Kier alpha value is -3.48. The lowest BCUT2D eigenvalue weighted by Gasteiger charge is -2.09. The van der Waals surface area contributed by atoms with Crippen LogP contribution in [-0.2, 0) is 11.2 Å². The highest BCUT2D eigenvalue weighted by molar-refractivity contribution is 5.75. The molecule has 0 aliphatic heterocycles. The number of nitrogens with one attached hydrogen (secondary N) is 3. The predicted octanol–water partition coefficient (Wildman–Crippen LogP) is 3.47. The maximum atomic E-state index is 11.9. The molecule has 0 saturated carbocycles. The number of carbonyl (C=O) groups is 1. The lowest BCUT2D eigenvalue weighted by molar-refractivity contribution is -0.121. The number of pyridine rings is 1. The van der Waals surface area contributed by atoms with E-state index >= 15 is 0 Å². The first-order valence-electron chi connectivity index (χ1n) is 9.75. The second-order valence-corrected chi connectivity index (χ2v) is 6.75. The van der Waals surface area contributed by atoms with Gasteiger partial charge in [0.25, 0.3) is 0 Å². The van der Waals surface area contributed by atoms with Crippen LogP contribution >= 0.6 is 0 Å². The van der Waals surface area contributed by atoms with Crippen LogP contribution in [-0.4, -0.2) is 33.9 Å². The number of hydrogen-bond donors (Lipinski definition) is 3. The summed E-state index contributed by atoms with van der Waals surface area (Å²) in [5.74, 6) is 2.15. The Balaban J connectivity index is 1.35. The first kappa shape index (κ1) is 20.3. The fraction of sp³-hybridized carbons (Fsp3) is 0.273. The maximum absolute atomic E-state index is 11.9. The number of aromatic nitrogens is 3. The zero-order valence-corrected chi connectivity index (χ0v) is 16.6. The van der Waals surface area contributed by atoms with Gasteiger partial charge in [-0.3, -0.25) is 4.79 Å². The van der Waals surface area contributed by atoms with Gasteiger partial charge in [0.1, 0.15) is 23.8 Å². The molecule has 7 nitrogen and oxygen atoms in total. The number of aryl methyl sites for hydroxylation is 2. The van der Waals surface area contributed by atoms with E-state index in [4.69, 9.17) is 0 Å². The fourth-order valence-corrected chi connectivity index (χ4v) is 2.84. The topological polar surface area (TPSA) is 91.8 Å². The third-order valence-electron chi connectivity index (χ3n) is 4.30. The van der Waals surface area contributed by atoms with E-state index < -0.39 is 0 Å². The minimum absolute atomic E-state index is 0.0679. The second-order valence-electron chi connectivity index (χ2n) is 6.75. The van der Waals surface area contributed by atoms with Crippen LogP contribution in [0.3, 0.4) is 0 Å². The molecule has 3 aromatic rings. The first-order valence-corrected chi connectivity index (χ1v) is 9.75. The molecule has 0 fully saturated rings. The van der Waals surface area contributed by atoms with Crippen molar-refractivity contribution in [2.24, 2.45) is 0 Å². The van der Waals surface area contributed by atoms with Gasteiger partial charge in [-0.05, 0) is 43.0 Å². The largest absolute Gasteiger partial charge is 0.368 e. The Morgan fingerprint density at radius 3 is 2.55 bits per heavy atom. The smallest absolute Gasteiger partial charge is 0.220 e. The number of rotatable bonds is 10. The molecule has 2 aromatic heterocycles. The van der Waals surface area contributed by atoms with Crippen LogP contribution in [0.5, 0.6) is 0 Å². The highest BCUT2D eigenvalue weighted by Crippen LogP contribution is 2.14. The van der Waals surface area contributed by atoms with Crippen LogP contribution in [0.4, 0.5) is 17.5 Å². The Labute approximate surface area is 171 Å². The van der Waals surface area contributed by atoms with Crippen LogP contribution in [0.15, 0.2) is 61.1 Å². The van der Waals surface area contributed by atoms with Crippen LogP contribution in [0.2, 0.25) is 0 Å². The Morgan fingerprint density at radius 1 is 0.931 bits per heavy atom. The van der Waals surface area contributed by atoms with Crippen LogP contribution in [0.25, 0.3) is 0 Å². The van der Waals surface area contributed by atoms with Gasteiger partial charge in [-0.1, -0.05) is 30.3 Å². The van der Waals surface area contributed by atoms with Crippen LogP contribution in [0.1, 0.15) is 24.0 Å². The van der Waals surface area contributed by atoms with Crippen molar-refractivity contribution >= 4 is 23.4 Å². The van der Waals surface area contributed by atoms with Gasteiger partial charge in [-0.25, -0.2) is 15.0 Å². The lowest BCUT2D eigenvalue weighted by atomic mass is 10.1. The van der Waals surface area contributed by atoms with Gasteiger partial charge in [0, 0.05) is 31.8 Å². The van der Waals surface area contributed by atoms with E-state index in [-0.39, 0.29) is 5.91 Å². The SMILES string of the molecule is Cc1ccnc(Nc2cc(NCCNC(=O)CCCc3ccccc3)ncn2)c1. The first-order chi connectivity index (χ1) is 14.2. The summed E-state index contributed by atoms with van der Waals surface area (Å²) in [5, 5.41) is 9.28. The van der Waals surface area contributed by atoms with Gasteiger partial charge >= 0.3 is 0 Å². The van der Waals surface area contributed by atoms with Crippen molar-refractivity contribution < 1.29 is 4.79 Å². The number of nitrogens with zero attached hydrogens (tertiary/aromatic N) is 3. The summed E-state index contributed by atoms with van der Waals surface area (Å²) in [6, 6.07) is 15.9. The molecule has 0 spiro atoms. The van der Waals surface area contributed by atoms with Crippen molar-refractivity contribution in [3.05, 3.63) is 72.2 Å². The molecule has 0 saturated heterocycles. The molecule has 150 valence electrons. The Bertz CT molecular complexity index is 916. The average molecular weight is 390 g/mol. The monoisotopic (exact) mass is 390 g/mol. The number of amides is 1. The average Bonchev–Trinajstić information content (AvgIpc) is 2.72. The summed E-state index contributed by atoms with van der Waals surface area (Å²) in [4.78, 5) is 24.6. The summed E-state index contributed by atoms with van der Waals surface area (Å²) in [6.45, 7) is 3.13. The molecule has 3 rings (SSSR count). The summed E-state index contributed by atoms with van der Waals surface area (Å²) >= 11 is 0. The zero-order valence-electron chi connectivity index (χ0n) is 16.6. The van der Waals surface area contributed by atoms with Gasteiger partial charge in [0.2, 0.25) is 5.91 Å². The molecular weight excluding hydrogens is 364 g/mol. The number of hydrogen-bond acceptors (Lipinski definition) is 6. The minimum atomic E-state index is 0.0679. The van der Waals surface area contributed by atoms with Crippen molar-refractivity contribution in [3.8, 4) is 0 Å². The maximum Gasteiger partial charge on any atom is 0.220 e. The molecule has 3 N–H and O–H groups in total. The van der Waals surface area contributed by atoms with Gasteiger partial charge < -0.3 is 16.0 Å². The fourth-order valence-electron chi connectivity index (χ4n) is 2.84. The van der Waals surface area contributed by atoms with Gasteiger partial charge in [0.15, 0.2) is 0 Å². The third kappa shape index (κ3) is 7.21. The van der Waals surface area contributed by atoms with Crippen molar-refractivity contribution in [2.45, 2.75) is 26.2 Å². The molecule has 0 aliphatic rings. The number of benzene rings is 1. The molecule has 29 heavy (non-hydrogen) atoms. The van der Waals surface area contributed by atoms with E-state index in [0.29, 0.717) is 31.1 Å². The highest BCUT2D eigenvalue weighted by atomic mass is 16.1. The number of carbonyl (C=O) groups excluding carboxylic acids is 1. The summed E-state index contributed by atoms with van der Waals surface area (Å²) in [6.07, 6.45) is 5.53. The van der Waals surface area contributed by atoms with Gasteiger partial charge in [-0.2, -0.15) is 0 Å². The molecule has 7 heteroatoms. The molecule has 1 amide bonds. The van der Waals surface area contributed by atoms with Crippen LogP contribution < -0.4 is 16.0 Å². The lowest BCUT2D eigenvalue weighted by Crippen LogP contribution is -2.28. The quantitative estimate of drug-likeness (QED) is 0.459. The summed E-state index contributed by atoms with van der Waals surface area (Å²) < 4.78 is 0.